The molecule has 5 heteroatoms. The molecule has 0 heterocycles. The fourth-order valence-electron chi connectivity index (χ4n) is 3.42. The molecule has 140 valence electrons. The summed E-state index contributed by atoms with van der Waals surface area (Å²) in [5.41, 5.74) is 4.35. The third-order valence-electron chi connectivity index (χ3n) is 4.73. The number of fused-ring (bicyclic) bond motifs is 1. The van der Waals surface area contributed by atoms with Gasteiger partial charge < -0.3 is 14.4 Å². The molecule has 0 saturated carbocycles. The molecule has 0 N–H and O–H groups in total. The summed E-state index contributed by atoms with van der Waals surface area (Å²) in [4.78, 5) is 25.9. The van der Waals surface area contributed by atoms with Gasteiger partial charge in [-0.1, -0.05) is 30.4 Å². The number of carbonyl (C=O) groups is 2. The van der Waals surface area contributed by atoms with Crippen molar-refractivity contribution < 1.29 is 19.1 Å². The molecule has 27 heavy (non-hydrogen) atoms. The fourth-order valence-corrected chi connectivity index (χ4v) is 3.42. The standard InChI is InChI=1S/C22H23NO4/c1-14(24)27-20-13-12-18-17(15-8-10-16(11-9-15)23(2)3)6-5-7-19(18)21(20)22(25)26-4/h5,7-13,17H,6H2,1-4H3. The highest BCUT2D eigenvalue weighted by Gasteiger charge is 2.27. The number of nitrogens with zero attached hydrogens (tertiary/aromatic N) is 1. The molecule has 0 fully saturated rings. The van der Waals surface area contributed by atoms with Crippen LogP contribution in [-0.2, 0) is 9.53 Å². The van der Waals surface area contributed by atoms with Gasteiger partial charge in [-0.25, -0.2) is 4.79 Å². The first-order valence-corrected chi connectivity index (χ1v) is 8.79. The predicted molar refractivity (Wildman–Crippen MR) is 105 cm³/mol. The number of carbonyl (C=O) groups excluding carboxylic acids is 2. The summed E-state index contributed by atoms with van der Waals surface area (Å²) >= 11 is 0. The first-order valence-electron chi connectivity index (χ1n) is 8.79. The van der Waals surface area contributed by atoms with E-state index in [1.807, 2.05) is 32.3 Å². The first kappa shape index (κ1) is 18.7. The van der Waals surface area contributed by atoms with Gasteiger partial charge >= 0.3 is 11.9 Å². The van der Waals surface area contributed by atoms with Crippen molar-refractivity contribution in [3.8, 4) is 5.75 Å². The van der Waals surface area contributed by atoms with Gasteiger partial charge in [0.05, 0.1) is 7.11 Å². The maximum atomic E-state index is 12.4. The lowest BCUT2D eigenvalue weighted by atomic mass is 9.80. The summed E-state index contributed by atoms with van der Waals surface area (Å²) in [6, 6.07) is 12.0. The van der Waals surface area contributed by atoms with Gasteiger partial charge in [-0.05, 0) is 41.3 Å². The second-order valence-corrected chi connectivity index (χ2v) is 6.70. The van der Waals surface area contributed by atoms with E-state index in [1.165, 1.54) is 19.6 Å². The first-order chi connectivity index (χ1) is 12.9. The van der Waals surface area contributed by atoms with Gasteiger partial charge in [0.2, 0.25) is 0 Å². The van der Waals surface area contributed by atoms with Gasteiger partial charge in [0, 0.05) is 32.6 Å². The van der Waals surface area contributed by atoms with Gasteiger partial charge in [-0.3, -0.25) is 4.79 Å². The predicted octanol–water partition coefficient (Wildman–Crippen LogP) is 4.01. The quantitative estimate of drug-likeness (QED) is 0.605. The molecule has 0 radical (unpaired) electrons. The van der Waals surface area contributed by atoms with Crippen molar-refractivity contribution in [3.63, 3.8) is 0 Å². The molecule has 0 saturated heterocycles. The van der Waals surface area contributed by atoms with Crippen LogP contribution in [0.1, 0.15) is 46.3 Å². The van der Waals surface area contributed by atoms with Crippen molar-refractivity contribution in [3.05, 3.63) is 64.7 Å². The summed E-state index contributed by atoms with van der Waals surface area (Å²) in [7, 11) is 5.34. The van der Waals surface area contributed by atoms with Crippen molar-refractivity contribution >= 4 is 23.7 Å². The molecule has 1 atom stereocenters. The minimum absolute atomic E-state index is 0.121. The third-order valence-corrected chi connectivity index (χ3v) is 4.73. The van der Waals surface area contributed by atoms with E-state index in [-0.39, 0.29) is 17.2 Å². The molecular formula is C22H23NO4. The topological polar surface area (TPSA) is 55.8 Å². The zero-order valence-corrected chi connectivity index (χ0v) is 16.0. The number of methoxy groups -OCH3 is 1. The smallest absolute Gasteiger partial charge is 0.342 e. The second-order valence-electron chi connectivity index (χ2n) is 6.70. The lowest BCUT2D eigenvalue weighted by molar-refractivity contribution is -0.131. The van der Waals surface area contributed by atoms with Gasteiger partial charge in [0.15, 0.2) is 0 Å². The number of ether oxygens (including phenoxy) is 2. The van der Waals surface area contributed by atoms with Gasteiger partial charge in [-0.15, -0.1) is 0 Å². The number of hydrogen-bond acceptors (Lipinski definition) is 5. The molecule has 1 aliphatic carbocycles. The van der Waals surface area contributed by atoms with E-state index in [4.69, 9.17) is 9.47 Å². The summed E-state index contributed by atoms with van der Waals surface area (Å²) in [6.45, 7) is 1.31. The lowest BCUT2D eigenvalue weighted by Gasteiger charge is -2.25. The highest BCUT2D eigenvalue weighted by molar-refractivity contribution is 5.98. The Labute approximate surface area is 159 Å². The molecule has 3 rings (SSSR count). The molecule has 2 aromatic rings. The Balaban J connectivity index is 2.09. The highest BCUT2D eigenvalue weighted by Crippen LogP contribution is 2.40. The molecule has 0 amide bonds. The van der Waals surface area contributed by atoms with E-state index in [0.717, 1.165) is 23.2 Å². The van der Waals surface area contributed by atoms with Crippen molar-refractivity contribution in [1.82, 2.24) is 0 Å². The fraction of sp³-hybridized carbons (Fsp3) is 0.273. The van der Waals surface area contributed by atoms with Crippen LogP contribution in [0.15, 0.2) is 42.5 Å². The second kappa shape index (κ2) is 7.66. The zero-order chi connectivity index (χ0) is 19.6. The van der Waals surface area contributed by atoms with Crippen molar-refractivity contribution in [2.75, 3.05) is 26.1 Å². The van der Waals surface area contributed by atoms with E-state index in [1.54, 1.807) is 6.07 Å². The third kappa shape index (κ3) is 3.72. The van der Waals surface area contributed by atoms with Crippen LogP contribution < -0.4 is 9.64 Å². The zero-order valence-electron chi connectivity index (χ0n) is 16.0. The summed E-state index contributed by atoms with van der Waals surface area (Å²) < 4.78 is 10.2. The number of esters is 2. The van der Waals surface area contributed by atoms with Crippen LogP contribution in [0.25, 0.3) is 6.08 Å². The number of allylic oxidation sites excluding steroid dienone is 1. The number of anilines is 1. The number of benzene rings is 2. The maximum absolute atomic E-state index is 12.4. The van der Waals surface area contributed by atoms with Crippen LogP contribution in [0.4, 0.5) is 5.69 Å². The lowest BCUT2D eigenvalue weighted by Crippen LogP contribution is -2.15. The molecule has 0 aromatic heterocycles. The van der Waals surface area contributed by atoms with Crippen LogP contribution in [0, 0.1) is 0 Å². The number of rotatable bonds is 4. The van der Waals surface area contributed by atoms with Gasteiger partial charge in [0.1, 0.15) is 11.3 Å². The van der Waals surface area contributed by atoms with Gasteiger partial charge in [0.25, 0.3) is 0 Å². The minimum atomic E-state index is -0.517. The van der Waals surface area contributed by atoms with Crippen LogP contribution in [0.3, 0.4) is 0 Å². The van der Waals surface area contributed by atoms with E-state index in [0.29, 0.717) is 0 Å². The summed E-state index contributed by atoms with van der Waals surface area (Å²) in [5, 5.41) is 0. The average molecular weight is 365 g/mol. The SMILES string of the molecule is COC(=O)c1c(OC(C)=O)ccc2c1C=CCC2c1ccc(N(C)C)cc1. The Morgan fingerprint density at radius 3 is 2.37 bits per heavy atom. The molecule has 5 nitrogen and oxygen atoms in total. The molecule has 1 aliphatic rings. The molecule has 0 spiro atoms. The largest absolute Gasteiger partial charge is 0.465 e. The van der Waals surface area contributed by atoms with E-state index < -0.39 is 11.9 Å². The minimum Gasteiger partial charge on any atom is -0.465 e. The normalized spacial score (nSPS) is 15.0. The van der Waals surface area contributed by atoms with Crippen molar-refractivity contribution in [2.24, 2.45) is 0 Å². The van der Waals surface area contributed by atoms with E-state index in [9.17, 15) is 9.59 Å². The summed E-state index contributed by atoms with van der Waals surface area (Å²) in [6.07, 6.45) is 4.78. The Kier molecular flexibility index (Phi) is 5.31. The van der Waals surface area contributed by atoms with Gasteiger partial charge in [-0.2, -0.15) is 0 Å². The molecule has 0 aliphatic heterocycles. The van der Waals surface area contributed by atoms with Crippen molar-refractivity contribution in [2.45, 2.75) is 19.3 Å². The van der Waals surface area contributed by atoms with Crippen LogP contribution >= 0.6 is 0 Å². The van der Waals surface area contributed by atoms with Crippen LogP contribution in [0.2, 0.25) is 0 Å². The Bertz CT molecular complexity index is 897. The Morgan fingerprint density at radius 1 is 1.07 bits per heavy atom. The molecule has 1 unspecified atom stereocenters. The van der Waals surface area contributed by atoms with E-state index >= 15 is 0 Å². The van der Waals surface area contributed by atoms with E-state index in [2.05, 4.69) is 29.2 Å². The highest BCUT2D eigenvalue weighted by atomic mass is 16.5. The number of hydrogen-bond donors (Lipinski definition) is 0. The van der Waals surface area contributed by atoms with Crippen molar-refractivity contribution in [1.29, 1.82) is 0 Å². The average Bonchev–Trinajstić information content (AvgIpc) is 2.66. The van der Waals surface area contributed by atoms with Crippen LogP contribution in [0.5, 0.6) is 5.75 Å². The monoisotopic (exact) mass is 365 g/mol. The maximum Gasteiger partial charge on any atom is 0.342 e. The molecule has 0 bridgehead atoms. The molecular weight excluding hydrogens is 342 g/mol. The molecule has 2 aromatic carbocycles. The van der Waals surface area contributed by atoms with Crippen LogP contribution in [-0.4, -0.2) is 33.1 Å². The Morgan fingerprint density at radius 2 is 1.78 bits per heavy atom. The summed E-state index contributed by atoms with van der Waals surface area (Å²) in [5.74, 6) is -0.649. The Hall–Kier alpha value is -3.08.